The molecule has 0 saturated carbocycles. The molecule has 1 unspecified atom stereocenters. The van der Waals surface area contributed by atoms with Gasteiger partial charge in [-0.15, -0.1) is 24.0 Å². The lowest BCUT2D eigenvalue weighted by Gasteiger charge is -2.15. The van der Waals surface area contributed by atoms with Gasteiger partial charge >= 0.3 is 0 Å². The Hall–Kier alpha value is -2.39. The Labute approximate surface area is 194 Å². The van der Waals surface area contributed by atoms with Crippen molar-refractivity contribution < 1.29 is 9.52 Å². The van der Waals surface area contributed by atoms with Crippen molar-refractivity contribution in [3.63, 3.8) is 0 Å². The van der Waals surface area contributed by atoms with Crippen LogP contribution in [0, 0.1) is 13.8 Å². The Kier molecular flexibility index (Phi) is 9.32. The number of oxazole rings is 1. The molecular weight excluding hydrogens is 491 g/mol. The van der Waals surface area contributed by atoms with Crippen LogP contribution in [0.5, 0.6) is 0 Å². The summed E-state index contributed by atoms with van der Waals surface area (Å²) in [5.41, 5.74) is 4.92. The number of nitrogens with one attached hydrogen (secondary N) is 2. The van der Waals surface area contributed by atoms with Gasteiger partial charge in [0.2, 0.25) is 5.89 Å². The van der Waals surface area contributed by atoms with Gasteiger partial charge in [-0.1, -0.05) is 47.5 Å². The SMILES string of the molecule is CCNC(=NCc1coc(-c2ccc(C)cc2)n1)NCC(O)c1ccc(C)cc1.I. The molecule has 1 aromatic heterocycles. The van der Waals surface area contributed by atoms with Crippen LogP contribution in [-0.2, 0) is 6.54 Å². The van der Waals surface area contributed by atoms with Crippen molar-refractivity contribution in [3.8, 4) is 11.5 Å². The Morgan fingerprint density at radius 2 is 1.67 bits per heavy atom. The van der Waals surface area contributed by atoms with Crippen LogP contribution in [0.15, 0.2) is 64.2 Å². The summed E-state index contributed by atoms with van der Waals surface area (Å²) in [5.74, 6) is 1.21. The Morgan fingerprint density at radius 1 is 1.03 bits per heavy atom. The van der Waals surface area contributed by atoms with Gasteiger partial charge in [0.1, 0.15) is 12.0 Å². The van der Waals surface area contributed by atoms with Gasteiger partial charge in [0.15, 0.2) is 5.96 Å². The number of halogens is 1. The van der Waals surface area contributed by atoms with Crippen LogP contribution in [-0.4, -0.2) is 29.1 Å². The van der Waals surface area contributed by atoms with Gasteiger partial charge in [0, 0.05) is 18.7 Å². The molecule has 0 aliphatic heterocycles. The van der Waals surface area contributed by atoms with Crippen LogP contribution >= 0.6 is 24.0 Å². The molecule has 0 aliphatic rings. The van der Waals surface area contributed by atoms with Crippen LogP contribution < -0.4 is 10.6 Å². The number of aryl methyl sites for hydroxylation is 2. The summed E-state index contributed by atoms with van der Waals surface area (Å²) < 4.78 is 5.59. The average molecular weight is 520 g/mol. The fraction of sp³-hybridized carbons (Fsp3) is 0.304. The van der Waals surface area contributed by atoms with Gasteiger partial charge < -0.3 is 20.2 Å². The molecule has 0 bridgehead atoms. The third-order valence-electron chi connectivity index (χ3n) is 4.52. The van der Waals surface area contributed by atoms with Gasteiger partial charge in [0.25, 0.3) is 0 Å². The first-order valence-electron chi connectivity index (χ1n) is 9.83. The number of hydrogen-bond acceptors (Lipinski definition) is 4. The van der Waals surface area contributed by atoms with Crippen molar-refractivity contribution in [1.82, 2.24) is 15.6 Å². The van der Waals surface area contributed by atoms with Gasteiger partial charge in [-0.05, 0) is 38.5 Å². The number of aromatic nitrogens is 1. The van der Waals surface area contributed by atoms with E-state index in [1.807, 2.05) is 69.3 Å². The fourth-order valence-electron chi connectivity index (χ4n) is 2.81. The molecule has 7 heteroatoms. The first-order chi connectivity index (χ1) is 14.0. The summed E-state index contributed by atoms with van der Waals surface area (Å²) in [4.78, 5) is 9.06. The monoisotopic (exact) mass is 520 g/mol. The zero-order valence-electron chi connectivity index (χ0n) is 17.6. The Bertz CT molecular complexity index is 937. The van der Waals surface area contributed by atoms with E-state index in [-0.39, 0.29) is 24.0 Å². The Morgan fingerprint density at radius 3 is 2.30 bits per heavy atom. The number of guanidine groups is 1. The molecular formula is C23H29IN4O2. The first kappa shape index (κ1) is 23.9. The average Bonchev–Trinajstić information content (AvgIpc) is 3.20. The van der Waals surface area contributed by atoms with Gasteiger partial charge in [-0.3, -0.25) is 0 Å². The van der Waals surface area contributed by atoms with E-state index in [0.29, 0.717) is 24.9 Å². The fourth-order valence-corrected chi connectivity index (χ4v) is 2.81. The summed E-state index contributed by atoms with van der Waals surface area (Å²) in [5, 5.41) is 16.8. The van der Waals surface area contributed by atoms with Gasteiger partial charge in [-0.2, -0.15) is 0 Å². The highest BCUT2D eigenvalue weighted by Gasteiger charge is 2.09. The zero-order valence-corrected chi connectivity index (χ0v) is 19.9. The Balaban J connectivity index is 0.00000320. The highest BCUT2D eigenvalue weighted by molar-refractivity contribution is 14.0. The van der Waals surface area contributed by atoms with E-state index in [2.05, 4.69) is 20.6 Å². The molecule has 1 heterocycles. The molecule has 0 aliphatic carbocycles. The number of rotatable bonds is 7. The van der Waals surface area contributed by atoms with Crippen LogP contribution in [0.4, 0.5) is 0 Å². The number of aliphatic hydroxyl groups is 1. The van der Waals surface area contributed by atoms with E-state index in [0.717, 1.165) is 23.4 Å². The van der Waals surface area contributed by atoms with Crippen molar-refractivity contribution in [3.05, 3.63) is 77.2 Å². The number of aliphatic imine (C=N–C) groups is 1. The molecule has 0 fully saturated rings. The van der Waals surface area contributed by atoms with Crippen molar-refractivity contribution >= 4 is 29.9 Å². The maximum atomic E-state index is 10.4. The number of benzene rings is 2. The minimum atomic E-state index is -0.611. The highest BCUT2D eigenvalue weighted by atomic mass is 127. The molecule has 3 N–H and O–H groups in total. The molecule has 6 nitrogen and oxygen atoms in total. The first-order valence-corrected chi connectivity index (χ1v) is 9.83. The predicted molar refractivity (Wildman–Crippen MR) is 131 cm³/mol. The van der Waals surface area contributed by atoms with E-state index in [4.69, 9.17) is 4.42 Å². The van der Waals surface area contributed by atoms with Crippen LogP contribution in [0.3, 0.4) is 0 Å². The van der Waals surface area contributed by atoms with E-state index in [9.17, 15) is 5.11 Å². The molecule has 2 aromatic carbocycles. The van der Waals surface area contributed by atoms with E-state index < -0.39 is 6.10 Å². The minimum Gasteiger partial charge on any atom is -0.444 e. The van der Waals surface area contributed by atoms with E-state index in [1.54, 1.807) is 6.26 Å². The lowest BCUT2D eigenvalue weighted by molar-refractivity contribution is 0.181. The maximum Gasteiger partial charge on any atom is 0.226 e. The normalized spacial score (nSPS) is 12.2. The molecule has 3 aromatic rings. The molecule has 160 valence electrons. The molecule has 3 rings (SSSR count). The number of hydrogen-bond donors (Lipinski definition) is 3. The van der Waals surface area contributed by atoms with Crippen LogP contribution in [0.2, 0.25) is 0 Å². The maximum absolute atomic E-state index is 10.4. The topological polar surface area (TPSA) is 82.7 Å². The molecule has 30 heavy (non-hydrogen) atoms. The lowest BCUT2D eigenvalue weighted by atomic mass is 10.1. The van der Waals surface area contributed by atoms with Crippen molar-refractivity contribution in [2.45, 2.75) is 33.4 Å². The highest BCUT2D eigenvalue weighted by Crippen LogP contribution is 2.19. The quantitative estimate of drug-likeness (QED) is 0.245. The molecule has 0 spiro atoms. The standard InChI is InChI=1S/C23H28N4O2.HI/c1-4-24-23(26-14-21(28)18-9-5-16(2)6-10-18)25-13-20-15-29-22(27-20)19-11-7-17(3)8-12-19;/h5-12,15,21,28H,4,13-14H2,1-3H3,(H2,24,25,26);1H. The summed E-state index contributed by atoms with van der Waals surface area (Å²) in [6.07, 6.45) is 1.02. The number of aliphatic hydroxyl groups excluding tert-OH is 1. The predicted octanol–water partition coefficient (Wildman–Crippen LogP) is 4.37. The van der Waals surface area contributed by atoms with Crippen molar-refractivity contribution in [2.75, 3.05) is 13.1 Å². The van der Waals surface area contributed by atoms with Crippen LogP contribution in [0.25, 0.3) is 11.5 Å². The lowest BCUT2D eigenvalue weighted by Crippen LogP contribution is -2.39. The van der Waals surface area contributed by atoms with E-state index >= 15 is 0 Å². The summed E-state index contributed by atoms with van der Waals surface area (Å²) in [6, 6.07) is 15.9. The third kappa shape index (κ3) is 6.84. The van der Waals surface area contributed by atoms with E-state index in [1.165, 1.54) is 11.1 Å². The van der Waals surface area contributed by atoms with Gasteiger partial charge in [-0.25, -0.2) is 9.98 Å². The smallest absolute Gasteiger partial charge is 0.226 e. The molecule has 0 radical (unpaired) electrons. The molecule has 1 atom stereocenters. The van der Waals surface area contributed by atoms with Crippen molar-refractivity contribution in [2.24, 2.45) is 4.99 Å². The molecule has 0 amide bonds. The second kappa shape index (κ2) is 11.7. The summed E-state index contributed by atoms with van der Waals surface area (Å²) in [6.45, 7) is 7.54. The van der Waals surface area contributed by atoms with Crippen molar-refractivity contribution in [1.29, 1.82) is 0 Å². The third-order valence-corrected chi connectivity index (χ3v) is 4.52. The van der Waals surface area contributed by atoms with Gasteiger partial charge in [0.05, 0.1) is 12.6 Å². The largest absolute Gasteiger partial charge is 0.444 e. The summed E-state index contributed by atoms with van der Waals surface area (Å²) >= 11 is 0. The summed E-state index contributed by atoms with van der Waals surface area (Å²) in [7, 11) is 0. The molecule has 0 saturated heterocycles. The second-order valence-electron chi connectivity index (χ2n) is 7.01. The van der Waals surface area contributed by atoms with Crippen LogP contribution in [0.1, 0.15) is 35.4 Å². The zero-order chi connectivity index (χ0) is 20.6. The number of nitrogens with zero attached hydrogens (tertiary/aromatic N) is 2. The minimum absolute atomic E-state index is 0. The second-order valence-corrected chi connectivity index (χ2v) is 7.01.